The molecule has 1 aromatic rings. The molecular weight excluding hydrogens is 588 g/mol. The van der Waals surface area contributed by atoms with E-state index in [2.05, 4.69) is 31.2 Å². The van der Waals surface area contributed by atoms with Crippen LogP contribution in [-0.2, 0) is 30.3 Å². The van der Waals surface area contributed by atoms with Crippen LogP contribution in [0, 0.1) is 5.92 Å². The normalized spacial score (nSPS) is 15.1. The fourth-order valence-electron chi connectivity index (χ4n) is 4.73. The van der Waals surface area contributed by atoms with Gasteiger partial charge < -0.3 is 36.1 Å². The number of aromatic nitrogens is 2. The van der Waals surface area contributed by atoms with Crippen LogP contribution < -0.4 is 21.3 Å². The van der Waals surface area contributed by atoms with Crippen LogP contribution in [0.2, 0.25) is 0 Å². The first-order valence-electron chi connectivity index (χ1n) is 15.2. The predicted octanol–water partition coefficient (Wildman–Crippen LogP) is 2.94. The summed E-state index contributed by atoms with van der Waals surface area (Å²) >= 11 is 5.27. The number of hydrogen-bond donors (Lipinski definition) is 6. The van der Waals surface area contributed by atoms with Crippen LogP contribution in [0.15, 0.2) is 12.5 Å². The maximum absolute atomic E-state index is 13.6. The van der Waals surface area contributed by atoms with Crippen molar-refractivity contribution in [2.75, 3.05) is 6.54 Å². The second kappa shape index (κ2) is 17.1. The summed E-state index contributed by atoms with van der Waals surface area (Å²) < 4.78 is 5.24. The molecule has 0 bridgehead atoms. The van der Waals surface area contributed by atoms with Crippen LogP contribution in [0.4, 0.5) is 4.79 Å². The molecule has 0 aliphatic heterocycles. The van der Waals surface area contributed by atoms with Gasteiger partial charge in [0.15, 0.2) is 5.78 Å². The minimum absolute atomic E-state index is 0.0317. The number of H-pyrrole nitrogens is 1. The van der Waals surface area contributed by atoms with E-state index in [0.29, 0.717) is 31.5 Å². The summed E-state index contributed by atoms with van der Waals surface area (Å²) in [4.78, 5) is 70.4. The van der Waals surface area contributed by atoms with Crippen LogP contribution in [0.5, 0.6) is 0 Å². The zero-order valence-corrected chi connectivity index (χ0v) is 27.2. The summed E-state index contributed by atoms with van der Waals surface area (Å²) in [5.41, 5.74) is -1.27. The highest BCUT2D eigenvalue weighted by Crippen LogP contribution is 2.25. The number of Topliss-reactive ketones (excluding diaryl/α,β-unsaturated/α-hetero) is 1. The van der Waals surface area contributed by atoms with E-state index in [1.165, 1.54) is 20.2 Å². The lowest BCUT2D eigenvalue weighted by molar-refractivity contribution is -0.142. The van der Waals surface area contributed by atoms with Crippen molar-refractivity contribution in [2.24, 2.45) is 5.92 Å². The van der Waals surface area contributed by atoms with Gasteiger partial charge >= 0.3 is 12.1 Å². The average Bonchev–Trinajstić information content (AvgIpc) is 3.64. The van der Waals surface area contributed by atoms with Gasteiger partial charge in [0.25, 0.3) is 0 Å². The minimum atomic E-state index is -1.29. The number of hydrogen-bond acceptors (Lipinski definition) is 8. The zero-order chi connectivity index (χ0) is 32.9. The third-order valence-corrected chi connectivity index (χ3v) is 7.52. The fourth-order valence-corrected chi connectivity index (χ4v) is 5.09. The van der Waals surface area contributed by atoms with Gasteiger partial charge in [0.1, 0.15) is 17.2 Å². The number of thiocarbonyl (C=S) groups is 1. The number of carboxylic acid groups (broad SMARTS) is 1. The van der Waals surface area contributed by atoms with E-state index in [4.69, 9.17) is 17.0 Å². The molecular formula is C30H48N6O7S. The zero-order valence-electron chi connectivity index (χ0n) is 26.4. The second-order valence-corrected chi connectivity index (χ2v) is 13.2. The number of rotatable bonds is 17. The van der Waals surface area contributed by atoms with Crippen molar-refractivity contribution in [3.8, 4) is 0 Å². The van der Waals surface area contributed by atoms with E-state index < -0.39 is 41.2 Å². The number of aromatic amines is 1. The van der Waals surface area contributed by atoms with E-state index in [1.807, 2.05) is 0 Å². The van der Waals surface area contributed by atoms with Crippen LogP contribution in [0.3, 0.4) is 0 Å². The first-order chi connectivity index (χ1) is 20.6. The number of carboxylic acids is 1. The molecule has 44 heavy (non-hydrogen) atoms. The minimum Gasteiger partial charge on any atom is -0.480 e. The molecule has 3 amide bonds. The lowest BCUT2D eigenvalue weighted by Gasteiger charge is -2.25. The Morgan fingerprint density at radius 2 is 1.73 bits per heavy atom. The summed E-state index contributed by atoms with van der Waals surface area (Å²) in [6, 6.07) is -1.81. The monoisotopic (exact) mass is 636 g/mol. The van der Waals surface area contributed by atoms with Crippen molar-refractivity contribution >= 4 is 46.9 Å². The molecule has 0 saturated heterocycles. The highest BCUT2D eigenvalue weighted by atomic mass is 32.1. The number of aliphatic carboxylic acids is 1. The number of alkyl carbamates (subject to hydrolysis) is 1. The van der Waals surface area contributed by atoms with E-state index >= 15 is 0 Å². The summed E-state index contributed by atoms with van der Waals surface area (Å²) in [5.74, 6) is -2.19. The number of unbranched alkanes of at least 4 members (excludes halogenated alkanes) is 1. The van der Waals surface area contributed by atoms with Gasteiger partial charge in [-0.15, -0.1) is 0 Å². The largest absolute Gasteiger partial charge is 0.480 e. The van der Waals surface area contributed by atoms with Gasteiger partial charge in [-0.3, -0.25) is 14.4 Å². The Morgan fingerprint density at radius 3 is 2.32 bits per heavy atom. The first kappa shape index (κ1) is 36.6. The van der Waals surface area contributed by atoms with Crippen molar-refractivity contribution in [3.05, 3.63) is 18.2 Å². The molecule has 14 heteroatoms. The van der Waals surface area contributed by atoms with E-state index in [1.54, 1.807) is 27.0 Å². The molecule has 246 valence electrons. The van der Waals surface area contributed by atoms with Crippen LogP contribution in [-0.4, -0.2) is 79.5 Å². The van der Waals surface area contributed by atoms with Crippen molar-refractivity contribution in [1.82, 2.24) is 31.2 Å². The molecule has 1 aromatic heterocycles. The lowest BCUT2D eigenvalue weighted by atomic mass is 10.00. The molecule has 6 N–H and O–H groups in total. The summed E-state index contributed by atoms with van der Waals surface area (Å²) in [6.45, 7) is 8.61. The molecule has 1 aliphatic carbocycles. The number of amides is 3. The van der Waals surface area contributed by atoms with Gasteiger partial charge in [0, 0.05) is 43.6 Å². The lowest BCUT2D eigenvalue weighted by Crippen LogP contribution is -2.53. The molecule has 2 rings (SSSR count). The molecule has 2 atom stereocenters. The highest BCUT2D eigenvalue weighted by Gasteiger charge is 2.31. The molecule has 1 saturated carbocycles. The van der Waals surface area contributed by atoms with Gasteiger partial charge in [0.05, 0.1) is 17.4 Å². The number of carbonyl (C=O) groups is 5. The Hall–Kier alpha value is -3.55. The third kappa shape index (κ3) is 13.4. The van der Waals surface area contributed by atoms with Gasteiger partial charge in [-0.1, -0.05) is 25.1 Å². The SMILES string of the molecule is CC(C)(C)OC(=O)NCCCC[C@H](NC(=O)C1CCCC1)C(=O)N[C@@H](Cc1cnc[nH]1)C(=O)CCC(=S)NC(C)(C)C(=O)O. The van der Waals surface area contributed by atoms with Gasteiger partial charge in [-0.2, -0.15) is 0 Å². The molecule has 0 spiro atoms. The van der Waals surface area contributed by atoms with Gasteiger partial charge in [-0.05, 0) is 66.7 Å². The molecule has 13 nitrogen and oxygen atoms in total. The number of carbonyl (C=O) groups excluding carboxylic acids is 4. The van der Waals surface area contributed by atoms with E-state index in [9.17, 15) is 29.1 Å². The van der Waals surface area contributed by atoms with Crippen molar-refractivity contribution in [3.63, 3.8) is 0 Å². The predicted molar refractivity (Wildman–Crippen MR) is 168 cm³/mol. The molecule has 1 heterocycles. The number of nitrogens with zero attached hydrogens (tertiary/aromatic N) is 1. The highest BCUT2D eigenvalue weighted by molar-refractivity contribution is 7.80. The number of ketones is 1. The van der Waals surface area contributed by atoms with Crippen molar-refractivity contribution in [2.45, 2.75) is 122 Å². The molecule has 1 aliphatic rings. The summed E-state index contributed by atoms with van der Waals surface area (Å²) in [6.07, 6.45) is 7.59. The fraction of sp³-hybridized carbons (Fsp3) is 0.700. The smallest absolute Gasteiger partial charge is 0.407 e. The maximum atomic E-state index is 13.6. The van der Waals surface area contributed by atoms with Crippen molar-refractivity contribution < 1.29 is 33.8 Å². The van der Waals surface area contributed by atoms with Crippen LogP contribution in [0.1, 0.15) is 98.1 Å². The number of imidazole rings is 1. The van der Waals surface area contributed by atoms with E-state index in [0.717, 1.165) is 25.7 Å². The van der Waals surface area contributed by atoms with Gasteiger partial charge in [0.2, 0.25) is 11.8 Å². The second-order valence-electron chi connectivity index (χ2n) is 12.8. The first-order valence-corrected chi connectivity index (χ1v) is 15.6. The standard InChI is InChI=1S/C30H48N6O7S/c1-29(2,3)43-28(42)32-15-9-8-12-21(34-25(38)19-10-6-7-11-19)26(39)35-22(16-20-17-31-18-33-20)23(37)13-14-24(44)36-30(4,5)27(40)41/h17-19,21-22H,6-16H2,1-5H3,(H,31,33)(H,32,42)(H,34,38)(H,35,39)(H,36,44)(H,40,41)/t21-,22-/m0/s1. The number of nitrogens with one attached hydrogen (secondary N) is 5. The average molecular weight is 637 g/mol. The topological polar surface area (TPSA) is 192 Å². The quantitative estimate of drug-likeness (QED) is 0.109. The Morgan fingerprint density at radius 1 is 1.05 bits per heavy atom. The Bertz CT molecular complexity index is 1140. The number of ether oxygens (including phenoxy) is 1. The Balaban J connectivity index is 2.06. The van der Waals surface area contributed by atoms with Crippen LogP contribution in [0.25, 0.3) is 0 Å². The third-order valence-electron chi connectivity index (χ3n) is 7.22. The maximum Gasteiger partial charge on any atom is 0.407 e. The molecule has 0 radical (unpaired) electrons. The Kier molecular flexibility index (Phi) is 14.2. The summed E-state index contributed by atoms with van der Waals surface area (Å²) in [7, 11) is 0. The molecule has 0 unspecified atom stereocenters. The van der Waals surface area contributed by atoms with Crippen molar-refractivity contribution in [1.29, 1.82) is 0 Å². The van der Waals surface area contributed by atoms with E-state index in [-0.39, 0.29) is 41.9 Å². The molecule has 0 aromatic carbocycles. The summed E-state index contributed by atoms with van der Waals surface area (Å²) in [5, 5.41) is 20.5. The van der Waals surface area contributed by atoms with Crippen LogP contribution >= 0.6 is 12.2 Å². The van der Waals surface area contributed by atoms with Gasteiger partial charge in [-0.25, -0.2) is 14.6 Å². The Labute approximate surface area is 264 Å². The molecule has 1 fully saturated rings.